The maximum atomic E-state index is 9.44. The Morgan fingerprint density at radius 1 is 1.16 bits per heavy atom. The molecule has 8 heteroatoms. The predicted octanol–water partition coefficient (Wildman–Crippen LogP) is 2.73. The Balaban J connectivity index is 2.06. The van der Waals surface area contributed by atoms with E-state index in [1.807, 2.05) is 51.1 Å². The van der Waals surface area contributed by atoms with Crippen molar-refractivity contribution in [3.8, 4) is 0 Å². The van der Waals surface area contributed by atoms with Gasteiger partial charge in [-0.3, -0.25) is 0 Å². The first-order chi connectivity index (χ1) is 12.1. The van der Waals surface area contributed by atoms with Gasteiger partial charge < -0.3 is 15.7 Å². The molecule has 1 atom stereocenters. The normalized spacial score (nSPS) is 12.5. The molecular weight excluding hydrogens is 318 g/mol. The number of benzene rings is 1. The molecule has 0 amide bonds. The molecule has 1 unspecified atom stereocenters. The summed E-state index contributed by atoms with van der Waals surface area (Å²) in [6, 6.07) is 9.78. The molecule has 0 fully saturated rings. The van der Waals surface area contributed by atoms with Gasteiger partial charge in [0.05, 0.1) is 18.7 Å². The van der Waals surface area contributed by atoms with Crippen molar-refractivity contribution >= 4 is 28.6 Å². The van der Waals surface area contributed by atoms with E-state index in [9.17, 15) is 5.11 Å². The summed E-state index contributed by atoms with van der Waals surface area (Å²) in [5.74, 6) is 1.02. The second-order valence-electron chi connectivity index (χ2n) is 6.12. The molecule has 0 aliphatic rings. The highest BCUT2D eigenvalue weighted by Crippen LogP contribution is 2.25. The molecule has 3 N–H and O–H groups in total. The predicted molar refractivity (Wildman–Crippen MR) is 98.0 cm³/mol. The molecule has 0 aliphatic carbocycles. The molecule has 0 saturated carbocycles. The zero-order chi connectivity index (χ0) is 17.8. The molecule has 0 aliphatic heterocycles. The Hall–Kier alpha value is -2.74. The van der Waals surface area contributed by atoms with Crippen LogP contribution in [0.5, 0.6) is 0 Å². The Morgan fingerprint density at radius 2 is 1.92 bits per heavy atom. The number of fused-ring (bicyclic) bond motifs is 1. The van der Waals surface area contributed by atoms with Crippen LogP contribution >= 0.6 is 0 Å². The minimum absolute atomic E-state index is 0.0149. The zero-order valence-electron chi connectivity index (χ0n) is 14.6. The van der Waals surface area contributed by atoms with Gasteiger partial charge in [0.2, 0.25) is 5.95 Å². The van der Waals surface area contributed by atoms with Crippen LogP contribution in [0, 0.1) is 0 Å². The van der Waals surface area contributed by atoms with Gasteiger partial charge in [0.15, 0.2) is 17.0 Å². The van der Waals surface area contributed by atoms with Gasteiger partial charge in [-0.2, -0.15) is 9.97 Å². The molecule has 0 saturated heterocycles. The van der Waals surface area contributed by atoms with Crippen molar-refractivity contribution < 1.29 is 5.11 Å². The summed E-state index contributed by atoms with van der Waals surface area (Å²) in [7, 11) is 0. The van der Waals surface area contributed by atoms with Gasteiger partial charge in [-0.15, -0.1) is 5.10 Å². The molecule has 2 aromatic heterocycles. The van der Waals surface area contributed by atoms with Crippen molar-refractivity contribution in [3.63, 3.8) is 0 Å². The Kier molecular flexibility index (Phi) is 5.08. The van der Waals surface area contributed by atoms with Gasteiger partial charge in [-0.05, 0) is 32.4 Å². The number of anilines is 3. The van der Waals surface area contributed by atoms with Crippen molar-refractivity contribution in [2.45, 2.75) is 39.3 Å². The summed E-state index contributed by atoms with van der Waals surface area (Å²) >= 11 is 0. The third-order valence-electron chi connectivity index (χ3n) is 3.90. The van der Waals surface area contributed by atoms with Crippen LogP contribution in [-0.2, 0) is 0 Å². The van der Waals surface area contributed by atoms with Gasteiger partial charge in [0.25, 0.3) is 0 Å². The van der Waals surface area contributed by atoms with Gasteiger partial charge in [0, 0.05) is 5.69 Å². The molecular formula is C17H23N7O. The number of aliphatic hydroxyl groups excluding tert-OH is 1. The first kappa shape index (κ1) is 17.1. The van der Waals surface area contributed by atoms with Gasteiger partial charge in [-0.1, -0.05) is 30.3 Å². The van der Waals surface area contributed by atoms with E-state index in [2.05, 4.69) is 30.9 Å². The lowest BCUT2D eigenvalue weighted by molar-refractivity contribution is 0.271. The number of hydrogen-bond acceptors (Lipinski definition) is 7. The highest BCUT2D eigenvalue weighted by Gasteiger charge is 2.17. The van der Waals surface area contributed by atoms with Crippen molar-refractivity contribution in [2.75, 3.05) is 17.2 Å². The molecule has 0 radical (unpaired) electrons. The summed E-state index contributed by atoms with van der Waals surface area (Å²) in [4.78, 5) is 9.10. The summed E-state index contributed by atoms with van der Waals surface area (Å²) in [5, 5.41) is 24.3. The third-order valence-corrected chi connectivity index (χ3v) is 3.90. The summed E-state index contributed by atoms with van der Waals surface area (Å²) < 4.78 is 1.76. The standard InChI is InChI=1S/C17H23N7O/c1-4-12(10-25)19-17-20-15(18-13-8-6-5-7-9-13)14-16(21-17)24(11(2)3)23-22-14/h5-9,11-12,25H,4,10H2,1-3H3,(H2,18,19,20,21). The zero-order valence-corrected chi connectivity index (χ0v) is 14.6. The largest absolute Gasteiger partial charge is 0.394 e. The van der Waals surface area contributed by atoms with Gasteiger partial charge in [-0.25, -0.2) is 4.68 Å². The monoisotopic (exact) mass is 341 g/mol. The maximum absolute atomic E-state index is 9.44. The highest BCUT2D eigenvalue weighted by molar-refractivity contribution is 5.86. The lowest BCUT2D eigenvalue weighted by Gasteiger charge is -2.15. The van der Waals surface area contributed by atoms with Crippen molar-refractivity contribution in [1.82, 2.24) is 25.0 Å². The Morgan fingerprint density at radius 3 is 2.56 bits per heavy atom. The fourth-order valence-electron chi connectivity index (χ4n) is 2.45. The molecule has 2 heterocycles. The van der Waals surface area contributed by atoms with Crippen LogP contribution < -0.4 is 10.6 Å². The smallest absolute Gasteiger partial charge is 0.227 e. The number of aromatic nitrogens is 5. The van der Waals surface area contributed by atoms with Crippen molar-refractivity contribution in [1.29, 1.82) is 0 Å². The molecule has 3 rings (SSSR count). The van der Waals surface area contributed by atoms with E-state index >= 15 is 0 Å². The van der Waals surface area contributed by atoms with E-state index in [0.29, 0.717) is 22.9 Å². The Bertz CT molecular complexity index is 828. The van der Waals surface area contributed by atoms with Crippen LogP contribution in [0.3, 0.4) is 0 Å². The lowest BCUT2D eigenvalue weighted by atomic mass is 10.2. The number of rotatable bonds is 7. The molecule has 132 valence electrons. The molecule has 8 nitrogen and oxygen atoms in total. The number of nitrogens with one attached hydrogen (secondary N) is 2. The molecule has 1 aromatic carbocycles. The first-order valence-electron chi connectivity index (χ1n) is 8.44. The van der Waals surface area contributed by atoms with E-state index in [1.54, 1.807) is 4.68 Å². The van der Waals surface area contributed by atoms with Crippen LogP contribution in [0.15, 0.2) is 30.3 Å². The number of hydrogen-bond donors (Lipinski definition) is 3. The second kappa shape index (κ2) is 7.43. The van der Waals surface area contributed by atoms with Crippen LogP contribution in [0.1, 0.15) is 33.2 Å². The van der Waals surface area contributed by atoms with Gasteiger partial charge in [0.1, 0.15) is 0 Å². The Labute approximate surface area is 146 Å². The number of aliphatic hydroxyl groups is 1. The van der Waals surface area contributed by atoms with E-state index in [0.717, 1.165) is 12.1 Å². The summed E-state index contributed by atoms with van der Waals surface area (Å²) in [6.07, 6.45) is 0.765. The average molecular weight is 341 g/mol. The molecule has 0 spiro atoms. The quantitative estimate of drug-likeness (QED) is 0.607. The van der Waals surface area contributed by atoms with Crippen LogP contribution in [0.4, 0.5) is 17.5 Å². The highest BCUT2D eigenvalue weighted by atomic mass is 16.3. The third kappa shape index (κ3) is 3.69. The molecule has 3 aromatic rings. The number of para-hydroxylation sites is 1. The van der Waals surface area contributed by atoms with E-state index in [4.69, 9.17) is 0 Å². The SMILES string of the molecule is CCC(CO)Nc1nc(Nc2ccccc2)c2nnn(C(C)C)c2n1. The van der Waals surface area contributed by atoms with Crippen LogP contribution in [0.25, 0.3) is 11.2 Å². The summed E-state index contributed by atoms with van der Waals surface area (Å²) in [5.41, 5.74) is 2.17. The fourth-order valence-corrected chi connectivity index (χ4v) is 2.45. The topological polar surface area (TPSA) is 101 Å². The molecule has 25 heavy (non-hydrogen) atoms. The van der Waals surface area contributed by atoms with E-state index in [-0.39, 0.29) is 18.7 Å². The second-order valence-corrected chi connectivity index (χ2v) is 6.12. The van der Waals surface area contributed by atoms with Gasteiger partial charge >= 0.3 is 0 Å². The fraction of sp³-hybridized carbons (Fsp3) is 0.412. The van der Waals surface area contributed by atoms with Crippen molar-refractivity contribution in [3.05, 3.63) is 30.3 Å². The average Bonchev–Trinajstić information content (AvgIpc) is 3.05. The minimum Gasteiger partial charge on any atom is -0.394 e. The maximum Gasteiger partial charge on any atom is 0.227 e. The van der Waals surface area contributed by atoms with E-state index in [1.165, 1.54) is 0 Å². The lowest BCUT2D eigenvalue weighted by Crippen LogP contribution is -2.24. The van der Waals surface area contributed by atoms with E-state index < -0.39 is 0 Å². The van der Waals surface area contributed by atoms with Crippen LogP contribution in [0.2, 0.25) is 0 Å². The van der Waals surface area contributed by atoms with Crippen molar-refractivity contribution in [2.24, 2.45) is 0 Å². The minimum atomic E-state index is -0.106. The summed E-state index contributed by atoms with van der Waals surface area (Å²) in [6.45, 7) is 6.06. The first-order valence-corrected chi connectivity index (χ1v) is 8.44. The molecule has 0 bridgehead atoms. The van der Waals surface area contributed by atoms with Crippen LogP contribution in [-0.4, -0.2) is 42.7 Å². The number of nitrogens with zero attached hydrogens (tertiary/aromatic N) is 5.